The number of hydrogen-bond acceptors (Lipinski definition) is 5. The van der Waals surface area contributed by atoms with Gasteiger partial charge >= 0.3 is 0 Å². The Labute approximate surface area is 368 Å². The van der Waals surface area contributed by atoms with Gasteiger partial charge in [-0.3, -0.25) is 4.79 Å². The van der Waals surface area contributed by atoms with Gasteiger partial charge in [-0.25, -0.2) is 0 Å². The number of allylic oxidation sites excluding steroid dienone is 2. The average Bonchev–Trinajstić information content (AvgIpc) is 3.24. The number of amides is 1. The van der Waals surface area contributed by atoms with Crippen molar-refractivity contribution in [2.45, 2.75) is 314 Å². The summed E-state index contributed by atoms with van der Waals surface area (Å²) in [6.07, 6.45) is 55.7. The number of unbranched alkanes of at least 4 members (excludes halogenated alkanes) is 38. The normalized spacial score (nSPS) is 13.9. The Morgan fingerprint density at radius 3 is 1.02 bits per heavy atom. The lowest BCUT2D eigenvalue weighted by Gasteiger charge is -2.27. The summed E-state index contributed by atoms with van der Waals surface area (Å²) in [6.45, 7) is 4.06. The van der Waals surface area contributed by atoms with Gasteiger partial charge in [-0.05, 0) is 38.5 Å². The van der Waals surface area contributed by atoms with Gasteiger partial charge in [0.25, 0.3) is 0 Å². The van der Waals surface area contributed by atoms with Crippen LogP contribution in [-0.4, -0.2) is 57.3 Å². The van der Waals surface area contributed by atoms with Gasteiger partial charge in [0.2, 0.25) is 5.91 Å². The van der Waals surface area contributed by atoms with Crippen molar-refractivity contribution in [2.75, 3.05) is 6.61 Å². The van der Waals surface area contributed by atoms with E-state index in [0.29, 0.717) is 12.8 Å². The van der Waals surface area contributed by atoms with Gasteiger partial charge in [0.1, 0.15) is 12.2 Å². The molecule has 0 rings (SSSR count). The minimum Gasteiger partial charge on any atom is -0.394 e. The quantitative estimate of drug-likeness (QED) is 0.0310. The Morgan fingerprint density at radius 2 is 0.695 bits per heavy atom. The second-order valence-corrected chi connectivity index (χ2v) is 18.6. The van der Waals surface area contributed by atoms with Crippen LogP contribution in [0.3, 0.4) is 0 Å². The molecule has 0 spiro atoms. The highest BCUT2D eigenvalue weighted by atomic mass is 16.3. The number of hydrogen-bond donors (Lipinski definition) is 5. The van der Waals surface area contributed by atoms with E-state index in [9.17, 15) is 25.2 Å². The first-order valence-corrected chi connectivity index (χ1v) is 26.6. The van der Waals surface area contributed by atoms with E-state index in [1.807, 2.05) is 0 Å². The van der Waals surface area contributed by atoms with Crippen LogP contribution >= 0.6 is 0 Å². The fraction of sp³-hybridized carbons (Fsp3) is 0.943. The smallest absolute Gasteiger partial charge is 0.249 e. The van der Waals surface area contributed by atoms with Crippen LogP contribution in [0.1, 0.15) is 290 Å². The zero-order valence-electron chi connectivity index (χ0n) is 39.8. The number of aliphatic hydroxyl groups is 4. The van der Waals surface area contributed by atoms with Crippen LogP contribution in [0.5, 0.6) is 0 Å². The third kappa shape index (κ3) is 42.1. The summed E-state index contributed by atoms with van der Waals surface area (Å²) in [5.74, 6) is -0.588. The maximum Gasteiger partial charge on any atom is 0.249 e. The van der Waals surface area contributed by atoms with E-state index in [1.165, 1.54) is 225 Å². The molecule has 4 unspecified atom stereocenters. The van der Waals surface area contributed by atoms with Crippen molar-refractivity contribution >= 4 is 5.91 Å². The van der Waals surface area contributed by atoms with Gasteiger partial charge in [0, 0.05) is 0 Å². The molecule has 0 aliphatic carbocycles. The molecule has 6 nitrogen and oxygen atoms in total. The highest BCUT2D eigenvalue weighted by molar-refractivity contribution is 5.80. The Bertz CT molecular complexity index is 852. The van der Waals surface area contributed by atoms with Crippen LogP contribution in [0.2, 0.25) is 0 Å². The molecule has 0 aliphatic heterocycles. The summed E-state index contributed by atoms with van der Waals surface area (Å²) in [4.78, 5) is 12.6. The van der Waals surface area contributed by atoms with Crippen LogP contribution in [0, 0.1) is 0 Å². The van der Waals surface area contributed by atoms with Crippen LogP contribution in [0.15, 0.2) is 12.2 Å². The van der Waals surface area contributed by atoms with E-state index in [4.69, 9.17) is 0 Å². The lowest BCUT2D eigenvalue weighted by molar-refractivity contribution is -0.132. The Morgan fingerprint density at radius 1 is 0.407 bits per heavy atom. The van der Waals surface area contributed by atoms with Crippen molar-refractivity contribution in [1.82, 2.24) is 5.32 Å². The van der Waals surface area contributed by atoms with Crippen molar-refractivity contribution in [2.24, 2.45) is 0 Å². The predicted octanol–water partition coefficient (Wildman–Crippen LogP) is 14.9. The molecule has 0 aliphatic rings. The lowest BCUT2D eigenvalue weighted by Crippen LogP contribution is -2.53. The summed E-state index contributed by atoms with van der Waals surface area (Å²) in [7, 11) is 0. The molecule has 352 valence electrons. The van der Waals surface area contributed by atoms with Crippen molar-refractivity contribution in [3.05, 3.63) is 12.2 Å². The molecular formula is C53H105NO5. The molecule has 0 saturated carbocycles. The maximum atomic E-state index is 12.6. The van der Waals surface area contributed by atoms with E-state index >= 15 is 0 Å². The molecule has 0 aromatic rings. The van der Waals surface area contributed by atoms with Crippen molar-refractivity contribution in [3.8, 4) is 0 Å². The lowest BCUT2D eigenvalue weighted by atomic mass is 10.00. The number of carbonyl (C=O) groups is 1. The zero-order valence-corrected chi connectivity index (χ0v) is 39.8. The SMILES string of the molecule is CCCCCCCCCCC/C=C/CCCC(O)C(O)C(CO)NC(=O)C(O)CCCCCCCCCCCCCCCCCCCCCCCCCCCCCCC. The van der Waals surface area contributed by atoms with Gasteiger partial charge in [-0.1, -0.05) is 264 Å². The largest absolute Gasteiger partial charge is 0.394 e. The molecule has 4 atom stereocenters. The standard InChI is InChI=1S/C53H105NO5/c1-3-5-7-9-11-13-15-17-19-20-21-22-23-24-25-26-27-28-29-30-31-32-33-35-37-39-41-43-45-47-51(57)53(59)54-49(48-55)52(58)50(56)46-44-42-40-38-36-34-18-16-14-12-10-8-6-4-2/h38,40,49-52,55-58H,3-37,39,41-48H2,1-2H3,(H,54,59)/b40-38+. The highest BCUT2D eigenvalue weighted by Gasteiger charge is 2.28. The van der Waals surface area contributed by atoms with Gasteiger partial charge in [-0.15, -0.1) is 0 Å². The topological polar surface area (TPSA) is 110 Å². The molecule has 6 heteroatoms. The molecule has 0 fully saturated rings. The third-order valence-corrected chi connectivity index (χ3v) is 12.7. The molecule has 0 aromatic carbocycles. The number of nitrogens with one attached hydrogen (secondary N) is 1. The van der Waals surface area contributed by atoms with E-state index in [2.05, 4.69) is 31.3 Å². The van der Waals surface area contributed by atoms with Crippen molar-refractivity contribution in [1.29, 1.82) is 0 Å². The molecule has 0 bridgehead atoms. The van der Waals surface area contributed by atoms with Gasteiger partial charge in [0.15, 0.2) is 0 Å². The van der Waals surface area contributed by atoms with Gasteiger partial charge in [-0.2, -0.15) is 0 Å². The summed E-state index contributed by atoms with van der Waals surface area (Å²) < 4.78 is 0. The van der Waals surface area contributed by atoms with E-state index in [-0.39, 0.29) is 0 Å². The molecule has 1 amide bonds. The predicted molar refractivity (Wildman–Crippen MR) is 256 cm³/mol. The monoisotopic (exact) mass is 836 g/mol. The first-order chi connectivity index (χ1) is 29.0. The summed E-state index contributed by atoms with van der Waals surface area (Å²) >= 11 is 0. The summed E-state index contributed by atoms with van der Waals surface area (Å²) in [6, 6.07) is -0.997. The van der Waals surface area contributed by atoms with Crippen LogP contribution < -0.4 is 5.32 Å². The highest BCUT2D eigenvalue weighted by Crippen LogP contribution is 2.18. The Hall–Kier alpha value is -0.950. The number of rotatable bonds is 49. The summed E-state index contributed by atoms with van der Waals surface area (Å²) in [5.41, 5.74) is 0. The second-order valence-electron chi connectivity index (χ2n) is 18.6. The van der Waals surface area contributed by atoms with Crippen LogP contribution in [-0.2, 0) is 4.79 Å². The zero-order chi connectivity index (χ0) is 43.1. The Balaban J connectivity index is 3.58. The van der Waals surface area contributed by atoms with Crippen molar-refractivity contribution < 1.29 is 25.2 Å². The maximum absolute atomic E-state index is 12.6. The fourth-order valence-corrected chi connectivity index (χ4v) is 8.53. The molecule has 0 radical (unpaired) electrons. The number of carbonyl (C=O) groups excluding carboxylic acids is 1. The second kappa shape index (κ2) is 48.1. The van der Waals surface area contributed by atoms with E-state index in [1.54, 1.807) is 0 Å². The van der Waals surface area contributed by atoms with Crippen molar-refractivity contribution in [3.63, 3.8) is 0 Å². The van der Waals surface area contributed by atoms with Gasteiger partial charge < -0.3 is 25.7 Å². The molecular weight excluding hydrogens is 731 g/mol. The third-order valence-electron chi connectivity index (χ3n) is 12.7. The van der Waals surface area contributed by atoms with Crippen LogP contribution in [0.4, 0.5) is 0 Å². The first kappa shape index (κ1) is 58.0. The first-order valence-electron chi connectivity index (χ1n) is 26.6. The molecule has 5 N–H and O–H groups in total. The van der Waals surface area contributed by atoms with Gasteiger partial charge in [0.05, 0.1) is 18.8 Å². The molecule has 0 saturated heterocycles. The fourth-order valence-electron chi connectivity index (χ4n) is 8.53. The van der Waals surface area contributed by atoms with E-state index in [0.717, 1.165) is 38.5 Å². The minimum atomic E-state index is -1.28. The molecule has 59 heavy (non-hydrogen) atoms. The molecule has 0 heterocycles. The molecule has 0 aromatic heterocycles. The van der Waals surface area contributed by atoms with Crippen LogP contribution in [0.25, 0.3) is 0 Å². The summed E-state index contributed by atoms with van der Waals surface area (Å²) in [5, 5.41) is 43.8. The Kier molecular flexibility index (Phi) is 47.3. The average molecular weight is 836 g/mol. The minimum absolute atomic E-state index is 0.369. The number of aliphatic hydroxyl groups excluding tert-OH is 4. The van der Waals surface area contributed by atoms with E-state index < -0.39 is 36.9 Å².